The van der Waals surface area contributed by atoms with Crippen molar-refractivity contribution in [2.45, 2.75) is 19.9 Å². The van der Waals surface area contributed by atoms with Crippen molar-refractivity contribution >= 4 is 17.8 Å². The van der Waals surface area contributed by atoms with Crippen molar-refractivity contribution in [1.29, 1.82) is 0 Å². The predicted molar refractivity (Wildman–Crippen MR) is 63.3 cm³/mol. The van der Waals surface area contributed by atoms with Crippen molar-refractivity contribution in [3.63, 3.8) is 0 Å². The third-order valence-electron chi connectivity index (χ3n) is 2.57. The monoisotopic (exact) mass is 253 g/mol. The number of hydrogen-bond acceptors (Lipinski definition) is 6. The van der Waals surface area contributed by atoms with Gasteiger partial charge in [-0.3, -0.25) is 4.79 Å². The summed E-state index contributed by atoms with van der Waals surface area (Å²) in [6, 6.07) is 2.70. The first-order valence-corrected chi connectivity index (χ1v) is 5.37. The van der Waals surface area contributed by atoms with Crippen LogP contribution in [0.2, 0.25) is 0 Å². The lowest BCUT2D eigenvalue weighted by molar-refractivity contribution is -0.141. The summed E-state index contributed by atoms with van der Waals surface area (Å²) in [7, 11) is 1.26. The topological polar surface area (TPSA) is 101 Å². The lowest BCUT2D eigenvalue weighted by Crippen LogP contribution is -2.30. The molecule has 0 amide bonds. The first-order chi connectivity index (χ1) is 8.45. The highest BCUT2D eigenvalue weighted by Crippen LogP contribution is 2.10. The number of esters is 1. The number of aliphatic carboxylic acids is 1. The molecule has 0 saturated carbocycles. The number of aromatic nitrogens is 2. The lowest BCUT2D eigenvalue weighted by atomic mass is 10.0. The van der Waals surface area contributed by atoms with Crippen LogP contribution in [0.5, 0.6) is 0 Å². The zero-order valence-corrected chi connectivity index (χ0v) is 10.4. The van der Waals surface area contributed by atoms with E-state index in [4.69, 9.17) is 5.11 Å². The average Bonchev–Trinajstić information content (AvgIpc) is 2.37. The van der Waals surface area contributed by atoms with Crippen LogP contribution in [0.3, 0.4) is 0 Å². The number of carboxylic acids is 1. The number of nitrogens with zero attached hydrogens (tertiary/aromatic N) is 2. The summed E-state index contributed by atoms with van der Waals surface area (Å²) in [5.41, 5.74) is 0.0991. The van der Waals surface area contributed by atoms with Gasteiger partial charge in [-0.15, -0.1) is 10.2 Å². The molecule has 0 aliphatic rings. The molecule has 98 valence electrons. The van der Waals surface area contributed by atoms with E-state index < -0.39 is 17.9 Å². The maximum atomic E-state index is 11.1. The fourth-order valence-electron chi connectivity index (χ4n) is 1.19. The largest absolute Gasteiger partial charge is 0.481 e. The number of methoxy groups -OCH3 is 1. The Hall–Kier alpha value is -2.18. The third-order valence-corrected chi connectivity index (χ3v) is 2.57. The van der Waals surface area contributed by atoms with Gasteiger partial charge < -0.3 is 15.2 Å². The Bertz CT molecular complexity index is 432. The number of carbonyl (C=O) groups excluding carboxylic acids is 1. The van der Waals surface area contributed by atoms with Crippen LogP contribution in [0, 0.1) is 5.92 Å². The summed E-state index contributed by atoms with van der Waals surface area (Å²) in [5, 5.41) is 19.2. The first-order valence-electron chi connectivity index (χ1n) is 5.37. The molecule has 1 aromatic rings. The molecule has 1 aromatic heterocycles. The van der Waals surface area contributed by atoms with Gasteiger partial charge in [0.15, 0.2) is 5.69 Å². The number of nitrogens with one attached hydrogen (secondary N) is 1. The Morgan fingerprint density at radius 1 is 1.33 bits per heavy atom. The van der Waals surface area contributed by atoms with Crippen molar-refractivity contribution in [2.75, 3.05) is 12.4 Å². The molecule has 0 aliphatic carbocycles. The van der Waals surface area contributed by atoms with E-state index in [0.717, 1.165) is 0 Å². The SMILES string of the molecule is COC(=O)c1ccc(NC(C)C(C)C(=O)O)nn1. The van der Waals surface area contributed by atoms with E-state index in [1.54, 1.807) is 19.9 Å². The van der Waals surface area contributed by atoms with Crippen LogP contribution >= 0.6 is 0 Å². The van der Waals surface area contributed by atoms with Crippen LogP contribution in [0.1, 0.15) is 24.3 Å². The molecule has 2 N–H and O–H groups in total. The summed E-state index contributed by atoms with van der Waals surface area (Å²) in [4.78, 5) is 21.9. The van der Waals surface area contributed by atoms with Crippen molar-refractivity contribution in [3.05, 3.63) is 17.8 Å². The maximum absolute atomic E-state index is 11.1. The van der Waals surface area contributed by atoms with Crippen LogP contribution in [-0.2, 0) is 9.53 Å². The van der Waals surface area contributed by atoms with Crippen LogP contribution in [0.15, 0.2) is 12.1 Å². The van der Waals surface area contributed by atoms with Crippen LogP contribution < -0.4 is 5.32 Å². The van der Waals surface area contributed by atoms with Gasteiger partial charge in [0.1, 0.15) is 5.82 Å². The number of carboxylic acid groups (broad SMARTS) is 1. The van der Waals surface area contributed by atoms with Crippen molar-refractivity contribution < 1.29 is 19.4 Å². The molecule has 0 aromatic carbocycles. The molecule has 0 fully saturated rings. The minimum absolute atomic E-state index is 0.0991. The molecule has 18 heavy (non-hydrogen) atoms. The number of rotatable bonds is 5. The molecule has 0 bridgehead atoms. The van der Waals surface area contributed by atoms with Crippen molar-refractivity contribution in [3.8, 4) is 0 Å². The lowest BCUT2D eigenvalue weighted by Gasteiger charge is -2.17. The van der Waals surface area contributed by atoms with E-state index in [0.29, 0.717) is 5.82 Å². The van der Waals surface area contributed by atoms with E-state index in [1.807, 2.05) is 0 Å². The van der Waals surface area contributed by atoms with E-state index >= 15 is 0 Å². The number of hydrogen-bond donors (Lipinski definition) is 2. The average molecular weight is 253 g/mol. The summed E-state index contributed by atoms with van der Waals surface area (Å²) in [6.45, 7) is 3.32. The molecule has 0 saturated heterocycles. The second-order valence-electron chi connectivity index (χ2n) is 3.86. The van der Waals surface area contributed by atoms with Gasteiger partial charge in [0.05, 0.1) is 13.0 Å². The second-order valence-corrected chi connectivity index (χ2v) is 3.86. The molecule has 2 unspecified atom stereocenters. The minimum Gasteiger partial charge on any atom is -0.481 e. The molecular formula is C11H15N3O4. The van der Waals surface area contributed by atoms with Gasteiger partial charge in [0, 0.05) is 6.04 Å². The Labute approximate surface area is 104 Å². The summed E-state index contributed by atoms with van der Waals surface area (Å²) >= 11 is 0. The Kier molecular flexibility index (Phi) is 4.59. The molecule has 0 radical (unpaired) electrons. The molecule has 0 aliphatic heterocycles. The Morgan fingerprint density at radius 3 is 2.44 bits per heavy atom. The molecular weight excluding hydrogens is 238 g/mol. The highest BCUT2D eigenvalue weighted by molar-refractivity contribution is 5.86. The van der Waals surface area contributed by atoms with Crippen molar-refractivity contribution in [1.82, 2.24) is 10.2 Å². The minimum atomic E-state index is -0.894. The molecule has 2 atom stereocenters. The third kappa shape index (κ3) is 3.41. The second kappa shape index (κ2) is 5.95. The summed E-state index contributed by atoms with van der Waals surface area (Å²) in [5.74, 6) is -1.62. The Balaban J connectivity index is 2.69. The predicted octanol–water partition coefficient (Wildman–Crippen LogP) is 0.784. The summed E-state index contributed by atoms with van der Waals surface area (Å²) in [6.07, 6.45) is 0. The van der Waals surface area contributed by atoms with Gasteiger partial charge >= 0.3 is 11.9 Å². The number of ether oxygens (including phenoxy) is 1. The van der Waals surface area contributed by atoms with Crippen LogP contribution in [0.4, 0.5) is 5.82 Å². The van der Waals surface area contributed by atoms with Gasteiger partial charge in [0.25, 0.3) is 0 Å². The van der Waals surface area contributed by atoms with Gasteiger partial charge in [0.2, 0.25) is 0 Å². The first kappa shape index (κ1) is 13.9. The smallest absolute Gasteiger partial charge is 0.358 e. The quantitative estimate of drug-likeness (QED) is 0.748. The molecule has 0 spiro atoms. The van der Waals surface area contributed by atoms with E-state index in [1.165, 1.54) is 13.2 Å². The highest BCUT2D eigenvalue weighted by atomic mass is 16.5. The number of anilines is 1. The van der Waals surface area contributed by atoms with Gasteiger partial charge in [-0.05, 0) is 26.0 Å². The van der Waals surface area contributed by atoms with E-state index in [9.17, 15) is 9.59 Å². The van der Waals surface area contributed by atoms with Crippen LogP contribution in [-0.4, -0.2) is 40.4 Å². The highest BCUT2D eigenvalue weighted by Gasteiger charge is 2.19. The van der Waals surface area contributed by atoms with Gasteiger partial charge in [-0.1, -0.05) is 0 Å². The summed E-state index contributed by atoms with van der Waals surface area (Å²) < 4.78 is 4.49. The molecule has 1 heterocycles. The maximum Gasteiger partial charge on any atom is 0.358 e. The fourth-order valence-corrected chi connectivity index (χ4v) is 1.19. The van der Waals surface area contributed by atoms with E-state index in [-0.39, 0.29) is 11.7 Å². The van der Waals surface area contributed by atoms with E-state index in [2.05, 4.69) is 20.3 Å². The molecule has 7 nitrogen and oxygen atoms in total. The number of carbonyl (C=O) groups is 2. The molecule has 1 rings (SSSR count). The van der Waals surface area contributed by atoms with Gasteiger partial charge in [-0.25, -0.2) is 4.79 Å². The van der Waals surface area contributed by atoms with Crippen LogP contribution in [0.25, 0.3) is 0 Å². The zero-order valence-electron chi connectivity index (χ0n) is 10.4. The zero-order chi connectivity index (χ0) is 13.7. The molecule has 7 heteroatoms. The van der Waals surface area contributed by atoms with Gasteiger partial charge in [-0.2, -0.15) is 0 Å². The fraction of sp³-hybridized carbons (Fsp3) is 0.455. The Morgan fingerprint density at radius 2 is 2.00 bits per heavy atom. The standard InChI is InChI=1S/C11H15N3O4/c1-6(10(15)16)7(2)12-9-5-4-8(13-14-9)11(17)18-3/h4-7H,1-3H3,(H,12,14)(H,15,16). The van der Waals surface area contributed by atoms with Crippen molar-refractivity contribution in [2.24, 2.45) is 5.92 Å². The normalized spacial score (nSPS) is 13.5.